The van der Waals surface area contributed by atoms with Crippen LogP contribution in [0, 0.1) is 10.1 Å². The topological polar surface area (TPSA) is 151 Å². The quantitative estimate of drug-likeness (QED) is 0.478. The van der Waals surface area contributed by atoms with E-state index in [9.17, 15) is 19.7 Å². The lowest BCUT2D eigenvalue weighted by atomic mass is 10.1. The van der Waals surface area contributed by atoms with E-state index in [1.807, 2.05) is 0 Å². The number of aromatic nitrogens is 3. The molecule has 0 fully saturated rings. The van der Waals surface area contributed by atoms with Gasteiger partial charge in [-0.05, 0) is 30.3 Å². The molecule has 2 aromatic carbocycles. The largest absolute Gasteiger partial charge is 0.486 e. The van der Waals surface area contributed by atoms with Crippen molar-refractivity contribution in [2.45, 2.75) is 0 Å². The minimum absolute atomic E-state index is 0.0203. The minimum atomic E-state index is -0.728. The van der Waals surface area contributed by atoms with E-state index >= 15 is 0 Å². The molecule has 2 N–H and O–H groups in total. The second-order valence-corrected chi connectivity index (χ2v) is 6.07. The molecule has 1 aliphatic heterocycles. The Balaban J connectivity index is 1.47. The third kappa shape index (κ3) is 3.73. The number of amides is 2. The van der Waals surface area contributed by atoms with Crippen LogP contribution in [0.3, 0.4) is 0 Å². The minimum Gasteiger partial charge on any atom is -0.486 e. The van der Waals surface area contributed by atoms with Crippen molar-refractivity contribution in [2.24, 2.45) is 0 Å². The first-order valence-corrected chi connectivity index (χ1v) is 8.67. The number of fused-ring (bicyclic) bond motifs is 1. The summed E-state index contributed by atoms with van der Waals surface area (Å²) in [5.74, 6) is -0.357. The first-order valence-electron chi connectivity index (χ1n) is 8.67. The number of hydrazine groups is 1. The van der Waals surface area contributed by atoms with E-state index in [1.165, 1.54) is 41.6 Å². The van der Waals surface area contributed by atoms with Crippen LogP contribution in [0.4, 0.5) is 5.69 Å². The molecule has 0 bridgehead atoms. The Morgan fingerprint density at radius 1 is 1.00 bits per heavy atom. The van der Waals surface area contributed by atoms with E-state index in [0.29, 0.717) is 24.7 Å². The second-order valence-electron chi connectivity index (χ2n) is 6.07. The van der Waals surface area contributed by atoms with E-state index in [4.69, 9.17) is 9.47 Å². The number of hydrogen-bond donors (Lipinski definition) is 2. The smallest absolute Gasteiger partial charge is 0.295 e. The molecule has 2 amide bonds. The molecule has 0 aliphatic carbocycles. The van der Waals surface area contributed by atoms with Crippen LogP contribution >= 0.6 is 0 Å². The average Bonchev–Trinajstić information content (AvgIpc) is 3.31. The highest BCUT2D eigenvalue weighted by Crippen LogP contribution is 2.30. The molecular formula is C18H14N6O6. The van der Waals surface area contributed by atoms with Gasteiger partial charge in [-0.2, -0.15) is 5.10 Å². The molecular weight excluding hydrogens is 396 g/mol. The number of hydrogen-bond acceptors (Lipinski definition) is 8. The second kappa shape index (κ2) is 7.87. The van der Waals surface area contributed by atoms with E-state index in [-0.39, 0.29) is 22.5 Å². The summed E-state index contributed by atoms with van der Waals surface area (Å²) in [4.78, 5) is 39.2. The predicted molar refractivity (Wildman–Crippen MR) is 100 cm³/mol. The van der Waals surface area contributed by atoms with Crippen LogP contribution in [0.2, 0.25) is 0 Å². The molecule has 0 spiro atoms. The summed E-state index contributed by atoms with van der Waals surface area (Å²) in [6, 6.07) is 8.43. The van der Waals surface area contributed by atoms with Gasteiger partial charge in [0.15, 0.2) is 11.5 Å². The SMILES string of the molecule is O=C(NNC(=O)c1ccc(-n2cncn2)c([N+](=O)[O-])c1)c1ccc2c(c1)OCCO2. The molecule has 3 aromatic rings. The number of benzene rings is 2. The molecule has 152 valence electrons. The van der Waals surface area contributed by atoms with Crippen molar-refractivity contribution in [3.63, 3.8) is 0 Å². The molecule has 0 atom stereocenters. The molecule has 1 aromatic heterocycles. The van der Waals surface area contributed by atoms with Gasteiger partial charge in [-0.15, -0.1) is 0 Å². The highest BCUT2D eigenvalue weighted by atomic mass is 16.6. The van der Waals surface area contributed by atoms with Gasteiger partial charge in [-0.1, -0.05) is 0 Å². The lowest BCUT2D eigenvalue weighted by molar-refractivity contribution is -0.384. The normalized spacial score (nSPS) is 12.1. The number of carbonyl (C=O) groups is 2. The molecule has 1 aliphatic rings. The summed E-state index contributed by atoms with van der Waals surface area (Å²) < 4.78 is 12.0. The Morgan fingerprint density at radius 3 is 2.33 bits per heavy atom. The third-order valence-corrected chi connectivity index (χ3v) is 4.19. The van der Waals surface area contributed by atoms with Crippen molar-refractivity contribution in [1.82, 2.24) is 25.6 Å². The Bertz CT molecular complexity index is 1130. The van der Waals surface area contributed by atoms with Gasteiger partial charge in [0.25, 0.3) is 17.5 Å². The maximum atomic E-state index is 12.4. The number of ether oxygens (including phenoxy) is 2. The summed E-state index contributed by atoms with van der Waals surface area (Å²) in [5.41, 5.74) is 4.52. The van der Waals surface area contributed by atoms with Gasteiger partial charge in [-0.3, -0.25) is 30.6 Å². The van der Waals surface area contributed by atoms with Crippen LogP contribution in [0.25, 0.3) is 5.69 Å². The number of nitrogens with zero attached hydrogens (tertiary/aromatic N) is 4. The molecule has 12 nitrogen and oxygen atoms in total. The number of nitro benzene ring substituents is 1. The van der Waals surface area contributed by atoms with Crippen molar-refractivity contribution in [3.8, 4) is 17.2 Å². The van der Waals surface area contributed by atoms with Gasteiger partial charge in [0, 0.05) is 17.2 Å². The molecule has 0 saturated carbocycles. The van der Waals surface area contributed by atoms with Crippen LogP contribution in [-0.2, 0) is 0 Å². The zero-order valence-electron chi connectivity index (χ0n) is 15.3. The molecule has 30 heavy (non-hydrogen) atoms. The summed E-state index contributed by atoms with van der Waals surface area (Å²) in [5, 5.41) is 15.2. The Labute approximate surface area is 168 Å². The Hall–Kier alpha value is -4.48. The zero-order valence-corrected chi connectivity index (χ0v) is 15.3. The van der Waals surface area contributed by atoms with Crippen LogP contribution in [-0.4, -0.2) is 44.7 Å². The van der Waals surface area contributed by atoms with Crippen LogP contribution in [0.15, 0.2) is 49.1 Å². The van der Waals surface area contributed by atoms with Crippen molar-refractivity contribution in [2.75, 3.05) is 13.2 Å². The number of rotatable bonds is 4. The van der Waals surface area contributed by atoms with Crippen molar-refractivity contribution < 1.29 is 24.0 Å². The van der Waals surface area contributed by atoms with Crippen molar-refractivity contribution >= 4 is 17.5 Å². The first kappa shape index (κ1) is 18.9. The fraction of sp³-hybridized carbons (Fsp3) is 0.111. The van der Waals surface area contributed by atoms with E-state index in [1.54, 1.807) is 6.07 Å². The van der Waals surface area contributed by atoms with E-state index in [0.717, 1.165) is 6.07 Å². The molecule has 4 rings (SSSR count). The number of carbonyl (C=O) groups excluding carboxylic acids is 2. The fourth-order valence-corrected chi connectivity index (χ4v) is 2.78. The van der Waals surface area contributed by atoms with Crippen molar-refractivity contribution in [3.05, 3.63) is 70.3 Å². The van der Waals surface area contributed by atoms with Gasteiger partial charge in [0.1, 0.15) is 31.6 Å². The standard InChI is InChI=1S/C18H14N6O6/c25-17(11-1-3-13(14(7-11)24(27)28)23-10-19-9-20-23)21-22-18(26)12-2-4-15-16(8-12)30-6-5-29-15/h1-4,7-10H,5-6H2,(H,21,25)(H,22,26). The van der Waals surface area contributed by atoms with Gasteiger partial charge in [0.05, 0.1) is 4.92 Å². The van der Waals surface area contributed by atoms with Crippen LogP contribution in [0.1, 0.15) is 20.7 Å². The van der Waals surface area contributed by atoms with Crippen molar-refractivity contribution in [1.29, 1.82) is 0 Å². The molecule has 2 heterocycles. The number of nitrogens with one attached hydrogen (secondary N) is 2. The fourth-order valence-electron chi connectivity index (χ4n) is 2.78. The predicted octanol–water partition coefficient (Wildman–Crippen LogP) is 1.02. The highest BCUT2D eigenvalue weighted by molar-refractivity contribution is 5.99. The Morgan fingerprint density at radius 2 is 1.67 bits per heavy atom. The summed E-state index contributed by atoms with van der Waals surface area (Å²) in [6.07, 6.45) is 2.54. The van der Waals surface area contributed by atoms with E-state index in [2.05, 4.69) is 20.9 Å². The maximum Gasteiger partial charge on any atom is 0.295 e. The maximum absolute atomic E-state index is 12.4. The molecule has 0 radical (unpaired) electrons. The van der Waals surface area contributed by atoms with Gasteiger partial charge in [-0.25, -0.2) is 9.67 Å². The van der Waals surface area contributed by atoms with Gasteiger partial charge in [0.2, 0.25) is 0 Å². The third-order valence-electron chi connectivity index (χ3n) is 4.19. The van der Waals surface area contributed by atoms with E-state index < -0.39 is 16.7 Å². The first-order chi connectivity index (χ1) is 14.5. The highest BCUT2D eigenvalue weighted by Gasteiger charge is 2.20. The lowest BCUT2D eigenvalue weighted by Crippen LogP contribution is -2.41. The van der Waals surface area contributed by atoms with Gasteiger partial charge < -0.3 is 9.47 Å². The zero-order chi connectivity index (χ0) is 21.1. The molecule has 12 heteroatoms. The van der Waals surface area contributed by atoms with Gasteiger partial charge >= 0.3 is 0 Å². The molecule has 0 saturated heterocycles. The Kier molecular flexibility index (Phi) is 4.95. The monoisotopic (exact) mass is 410 g/mol. The lowest BCUT2D eigenvalue weighted by Gasteiger charge is -2.18. The molecule has 0 unspecified atom stereocenters. The van der Waals surface area contributed by atoms with Crippen LogP contribution < -0.4 is 20.3 Å². The summed E-state index contributed by atoms with van der Waals surface area (Å²) in [6.45, 7) is 0.800. The average molecular weight is 410 g/mol. The summed E-state index contributed by atoms with van der Waals surface area (Å²) >= 11 is 0. The van der Waals surface area contributed by atoms with Crippen LogP contribution in [0.5, 0.6) is 11.5 Å². The number of nitro groups is 1. The summed E-state index contributed by atoms with van der Waals surface area (Å²) in [7, 11) is 0.